The molecular formula is C13H28N2O. The number of ether oxygens (including phenoxy) is 1. The molecule has 0 saturated carbocycles. The van der Waals surface area contributed by atoms with Crippen LogP contribution in [0.3, 0.4) is 0 Å². The maximum Gasteiger partial charge on any atom is 0.0622 e. The lowest BCUT2D eigenvalue weighted by Crippen LogP contribution is -2.32. The molecule has 0 amide bonds. The van der Waals surface area contributed by atoms with Crippen LogP contribution in [0.2, 0.25) is 0 Å². The van der Waals surface area contributed by atoms with Crippen molar-refractivity contribution < 1.29 is 4.74 Å². The SMILES string of the molecule is CCC(CCN)CCCN(C)C1CCOC1. The molecule has 1 fully saturated rings. The maximum atomic E-state index is 5.61. The zero-order chi connectivity index (χ0) is 11.8. The Bertz CT molecular complexity index is 169. The van der Waals surface area contributed by atoms with Gasteiger partial charge in [0.2, 0.25) is 0 Å². The van der Waals surface area contributed by atoms with Gasteiger partial charge in [0, 0.05) is 12.6 Å². The van der Waals surface area contributed by atoms with Crippen molar-refractivity contribution in [3.05, 3.63) is 0 Å². The average molecular weight is 228 g/mol. The van der Waals surface area contributed by atoms with Gasteiger partial charge in [0.15, 0.2) is 0 Å². The summed E-state index contributed by atoms with van der Waals surface area (Å²) in [6.45, 7) is 6.19. The first kappa shape index (κ1) is 13.9. The summed E-state index contributed by atoms with van der Waals surface area (Å²) >= 11 is 0. The lowest BCUT2D eigenvalue weighted by molar-refractivity contribution is 0.157. The van der Waals surface area contributed by atoms with Crippen molar-refractivity contribution in [1.29, 1.82) is 0 Å². The molecule has 0 aromatic heterocycles. The summed E-state index contributed by atoms with van der Waals surface area (Å²) in [7, 11) is 2.23. The van der Waals surface area contributed by atoms with Crippen molar-refractivity contribution in [2.24, 2.45) is 11.7 Å². The van der Waals surface area contributed by atoms with Crippen molar-refractivity contribution in [3.8, 4) is 0 Å². The molecule has 0 aromatic rings. The Labute approximate surface area is 100 Å². The summed E-state index contributed by atoms with van der Waals surface area (Å²) in [6, 6.07) is 0.662. The smallest absolute Gasteiger partial charge is 0.0622 e. The monoisotopic (exact) mass is 228 g/mol. The first-order valence-electron chi connectivity index (χ1n) is 6.76. The molecule has 0 bridgehead atoms. The lowest BCUT2D eigenvalue weighted by Gasteiger charge is -2.23. The molecule has 3 heteroatoms. The molecule has 0 aliphatic carbocycles. The van der Waals surface area contributed by atoms with E-state index in [4.69, 9.17) is 10.5 Å². The van der Waals surface area contributed by atoms with Crippen LogP contribution < -0.4 is 5.73 Å². The molecule has 2 N–H and O–H groups in total. The van der Waals surface area contributed by atoms with Crippen molar-refractivity contribution in [3.63, 3.8) is 0 Å². The predicted molar refractivity (Wildman–Crippen MR) is 68.5 cm³/mol. The number of hydrogen-bond acceptors (Lipinski definition) is 3. The molecule has 0 radical (unpaired) electrons. The first-order valence-corrected chi connectivity index (χ1v) is 6.76. The first-order chi connectivity index (χ1) is 7.77. The highest BCUT2D eigenvalue weighted by atomic mass is 16.5. The Kier molecular flexibility index (Phi) is 7.01. The largest absolute Gasteiger partial charge is 0.380 e. The summed E-state index contributed by atoms with van der Waals surface area (Å²) < 4.78 is 5.41. The fourth-order valence-corrected chi connectivity index (χ4v) is 2.47. The molecule has 1 aliphatic rings. The highest BCUT2D eigenvalue weighted by Gasteiger charge is 2.19. The number of nitrogens with two attached hydrogens (primary N) is 1. The predicted octanol–water partition coefficient (Wildman–Crippen LogP) is 1.86. The minimum atomic E-state index is 0.662. The molecule has 1 heterocycles. The minimum absolute atomic E-state index is 0.662. The maximum absolute atomic E-state index is 5.61. The van der Waals surface area contributed by atoms with Gasteiger partial charge in [-0.15, -0.1) is 0 Å². The van der Waals surface area contributed by atoms with Crippen LogP contribution in [0.4, 0.5) is 0 Å². The molecule has 0 spiro atoms. The zero-order valence-corrected chi connectivity index (χ0v) is 11.0. The van der Waals surface area contributed by atoms with Gasteiger partial charge in [-0.2, -0.15) is 0 Å². The van der Waals surface area contributed by atoms with Crippen molar-refractivity contribution in [2.75, 3.05) is 33.4 Å². The van der Waals surface area contributed by atoms with Gasteiger partial charge in [0.1, 0.15) is 0 Å². The second kappa shape index (κ2) is 8.04. The van der Waals surface area contributed by atoms with Crippen molar-refractivity contribution in [2.45, 2.75) is 45.1 Å². The molecule has 2 unspecified atom stereocenters. The quantitative estimate of drug-likeness (QED) is 0.689. The Morgan fingerprint density at radius 2 is 2.25 bits per heavy atom. The molecule has 3 nitrogen and oxygen atoms in total. The van der Waals surface area contributed by atoms with Crippen LogP contribution in [-0.4, -0.2) is 44.3 Å². The van der Waals surface area contributed by atoms with Gasteiger partial charge in [-0.3, -0.25) is 0 Å². The molecule has 1 aliphatic heterocycles. The van der Waals surface area contributed by atoms with Crippen molar-refractivity contribution >= 4 is 0 Å². The van der Waals surface area contributed by atoms with E-state index in [0.717, 1.165) is 25.7 Å². The van der Waals surface area contributed by atoms with E-state index in [2.05, 4.69) is 18.9 Å². The molecule has 2 atom stereocenters. The third-order valence-corrected chi connectivity index (χ3v) is 3.80. The third-order valence-electron chi connectivity index (χ3n) is 3.80. The summed E-state index contributed by atoms with van der Waals surface area (Å²) in [5.74, 6) is 0.832. The lowest BCUT2D eigenvalue weighted by atomic mass is 9.96. The Morgan fingerprint density at radius 1 is 1.44 bits per heavy atom. The zero-order valence-electron chi connectivity index (χ0n) is 11.0. The van der Waals surface area contributed by atoms with E-state index in [0.29, 0.717) is 6.04 Å². The Balaban J connectivity index is 2.08. The van der Waals surface area contributed by atoms with Crippen molar-refractivity contribution in [1.82, 2.24) is 4.90 Å². The number of rotatable bonds is 8. The number of likely N-dealkylation sites (N-methyl/N-ethyl adjacent to an activating group) is 1. The number of hydrogen-bond donors (Lipinski definition) is 1. The van der Waals surface area contributed by atoms with E-state index >= 15 is 0 Å². The highest BCUT2D eigenvalue weighted by Crippen LogP contribution is 2.16. The van der Waals surface area contributed by atoms with E-state index in [-0.39, 0.29) is 0 Å². The molecular weight excluding hydrogens is 200 g/mol. The molecule has 96 valence electrons. The second-order valence-electron chi connectivity index (χ2n) is 4.99. The van der Waals surface area contributed by atoms with Crippen LogP contribution >= 0.6 is 0 Å². The van der Waals surface area contributed by atoms with E-state index < -0.39 is 0 Å². The fourth-order valence-electron chi connectivity index (χ4n) is 2.47. The molecule has 1 saturated heterocycles. The van der Waals surface area contributed by atoms with E-state index in [1.54, 1.807) is 0 Å². The van der Waals surface area contributed by atoms with E-state index in [1.807, 2.05) is 0 Å². The topological polar surface area (TPSA) is 38.5 Å². The van der Waals surface area contributed by atoms with Gasteiger partial charge >= 0.3 is 0 Å². The minimum Gasteiger partial charge on any atom is -0.380 e. The normalized spacial score (nSPS) is 22.9. The van der Waals surface area contributed by atoms with Crippen LogP contribution in [0.25, 0.3) is 0 Å². The van der Waals surface area contributed by atoms with E-state index in [1.165, 1.54) is 38.6 Å². The standard InChI is InChI=1S/C13H28N2O/c1-3-12(6-8-14)5-4-9-15(2)13-7-10-16-11-13/h12-13H,3-11,14H2,1-2H3. The summed E-state index contributed by atoms with van der Waals surface area (Å²) in [6.07, 6.45) is 6.29. The van der Waals surface area contributed by atoms with E-state index in [9.17, 15) is 0 Å². The molecule has 0 aromatic carbocycles. The second-order valence-corrected chi connectivity index (χ2v) is 4.99. The van der Waals surface area contributed by atoms with Gasteiger partial charge in [-0.1, -0.05) is 13.3 Å². The van der Waals surface area contributed by atoms with Crippen LogP contribution in [-0.2, 0) is 4.74 Å². The number of nitrogens with zero attached hydrogens (tertiary/aromatic N) is 1. The summed E-state index contributed by atoms with van der Waals surface area (Å²) in [5.41, 5.74) is 5.61. The van der Waals surface area contributed by atoms with Gasteiger partial charge < -0.3 is 15.4 Å². The van der Waals surface area contributed by atoms with Crippen LogP contribution in [0.1, 0.15) is 39.0 Å². The molecule has 16 heavy (non-hydrogen) atoms. The van der Waals surface area contributed by atoms with Gasteiger partial charge in [0.25, 0.3) is 0 Å². The summed E-state index contributed by atoms with van der Waals surface area (Å²) in [5, 5.41) is 0. The fraction of sp³-hybridized carbons (Fsp3) is 1.00. The van der Waals surface area contributed by atoms with Gasteiger partial charge in [-0.05, 0) is 51.7 Å². The van der Waals surface area contributed by atoms with Crippen LogP contribution in [0.15, 0.2) is 0 Å². The Morgan fingerprint density at radius 3 is 2.81 bits per heavy atom. The van der Waals surface area contributed by atoms with Crippen LogP contribution in [0, 0.1) is 5.92 Å². The van der Waals surface area contributed by atoms with Crippen LogP contribution in [0.5, 0.6) is 0 Å². The van der Waals surface area contributed by atoms with Gasteiger partial charge in [-0.25, -0.2) is 0 Å². The van der Waals surface area contributed by atoms with Gasteiger partial charge in [0.05, 0.1) is 6.61 Å². The summed E-state index contributed by atoms with van der Waals surface area (Å²) in [4.78, 5) is 2.46. The third kappa shape index (κ3) is 4.81. The molecule has 1 rings (SSSR count). The Hall–Kier alpha value is -0.120. The highest BCUT2D eigenvalue weighted by molar-refractivity contribution is 4.73. The average Bonchev–Trinajstić information content (AvgIpc) is 2.81.